The van der Waals surface area contributed by atoms with Crippen molar-refractivity contribution in [1.29, 1.82) is 0 Å². The Balaban J connectivity index is 1.52. The third-order valence-corrected chi connectivity index (χ3v) is 7.68. The topological polar surface area (TPSA) is 80.6 Å². The lowest BCUT2D eigenvalue weighted by Crippen LogP contribution is -2.15. The first-order chi connectivity index (χ1) is 19.7. The van der Waals surface area contributed by atoms with Crippen molar-refractivity contribution in [1.82, 2.24) is 4.57 Å². The first kappa shape index (κ1) is 28.3. The van der Waals surface area contributed by atoms with Crippen LogP contribution in [0.3, 0.4) is 0 Å². The van der Waals surface area contributed by atoms with E-state index in [-0.39, 0.29) is 30.1 Å². The van der Waals surface area contributed by atoms with Crippen LogP contribution in [0.15, 0.2) is 88.7 Å². The smallest absolute Gasteiger partial charge is 0.335 e. The number of carbonyl (C=O) groups is 2. The highest BCUT2D eigenvalue weighted by molar-refractivity contribution is 9.10. The van der Waals surface area contributed by atoms with Crippen LogP contribution in [-0.2, 0) is 17.8 Å². The molecule has 0 saturated carbocycles. The number of nitrogens with zero attached hydrogens (tertiary/aromatic N) is 1. The summed E-state index contributed by atoms with van der Waals surface area (Å²) in [6.07, 6.45) is 0.172. The average Bonchev–Trinajstić information content (AvgIpc) is 3.57. The molecule has 41 heavy (non-hydrogen) atoms. The Labute approximate surface area is 247 Å². The minimum Gasteiger partial charge on any atom is -0.488 e. The van der Waals surface area contributed by atoms with E-state index in [1.807, 2.05) is 47.2 Å². The van der Waals surface area contributed by atoms with Gasteiger partial charge in [-0.05, 0) is 79.0 Å². The minimum atomic E-state index is -1.14. The van der Waals surface area contributed by atoms with Gasteiger partial charge in [0.1, 0.15) is 24.0 Å². The lowest BCUT2D eigenvalue weighted by molar-refractivity contribution is -0.115. The molecular formula is C31H23BrF2N2O4S. The molecule has 5 aromatic rings. The van der Waals surface area contributed by atoms with Gasteiger partial charge in [-0.2, -0.15) is 0 Å². The normalized spacial score (nSPS) is 10.9. The molecule has 0 spiro atoms. The predicted octanol–water partition coefficient (Wildman–Crippen LogP) is 8.01. The summed E-state index contributed by atoms with van der Waals surface area (Å²) in [5, 5.41) is 14.5. The number of rotatable bonds is 9. The van der Waals surface area contributed by atoms with Gasteiger partial charge in [-0.3, -0.25) is 4.79 Å². The number of amides is 1. The second-order valence-electron chi connectivity index (χ2n) is 9.24. The zero-order valence-electron chi connectivity index (χ0n) is 21.7. The van der Waals surface area contributed by atoms with Crippen molar-refractivity contribution >= 4 is 44.8 Å². The number of carboxylic acids is 1. The van der Waals surface area contributed by atoms with Crippen molar-refractivity contribution < 1.29 is 28.2 Å². The zero-order valence-corrected chi connectivity index (χ0v) is 24.1. The lowest BCUT2D eigenvalue weighted by Gasteiger charge is -2.18. The summed E-state index contributed by atoms with van der Waals surface area (Å²) in [7, 11) is 0. The Morgan fingerprint density at radius 2 is 1.85 bits per heavy atom. The molecule has 208 valence electrons. The van der Waals surface area contributed by atoms with Gasteiger partial charge in [0.15, 0.2) is 0 Å². The number of aromatic carboxylic acids is 1. The van der Waals surface area contributed by atoms with E-state index in [9.17, 15) is 23.5 Å². The largest absolute Gasteiger partial charge is 0.488 e. The summed E-state index contributed by atoms with van der Waals surface area (Å²) < 4.78 is 36.2. The first-order valence-electron chi connectivity index (χ1n) is 12.4. The highest BCUT2D eigenvalue weighted by Gasteiger charge is 2.18. The van der Waals surface area contributed by atoms with Crippen LogP contribution in [0.2, 0.25) is 0 Å². The molecule has 10 heteroatoms. The number of ether oxygens (including phenoxy) is 1. The quantitative estimate of drug-likeness (QED) is 0.172. The van der Waals surface area contributed by atoms with Crippen LogP contribution in [-0.4, -0.2) is 21.6 Å². The van der Waals surface area contributed by atoms with Gasteiger partial charge in [-0.15, -0.1) is 11.3 Å². The van der Waals surface area contributed by atoms with E-state index in [0.717, 1.165) is 21.1 Å². The molecule has 2 heterocycles. The summed E-state index contributed by atoms with van der Waals surface area (Å²) in [6.45, 7) is 1.74. The van der Waals surface area contributed by atoms with Crippen LogP contribution in [0.1, 0.15) is 26.5 Å². The van der Waals surface area contributed by atoms with Crippen LogP contribution >= 0.6 is 27.3 Å². The van der Waals surface area contributed by atoms with Crippen LogP contribution in [0.5, 0.6) is 5.75 Å². The monoisotopic (exact) mass is 636 g/mol. The van der Waals surface area contributed by atoms with E-state index in [1.54, 1.807) is 18.2 Å². The van der Waals surface area contributed by atoms with Gasteiger partial charge in [0.05, 0.1) is 17.7 Å². The molecule has 0 aliphatic rings. The summed E-state index contributed by atoms with van der Waals surface area (Å²) in [4.78, 5) is 25.6. The number of hydrogen-bond donors (Lipinski definition) is 2. The SMILES string of the molecule is Cc1ccc(-c2cc(Br)ccc2OCc2ccc(F)cc2F)n1-c1cc(NC(=O)Cc2cccs2)cc(C(=O)O)c1. The Bertz CT molecular complexity index is 1750. The van der Waals surface area contributed by atoms with Gasteiger partial charge in [0.25, 0.3) is 0 Å². The molecule has 0 radical (unpaired) electrons. The van der Waals surface area contributed by atoms with Crippen molar-refractivity contribution in [3.63, 3.8) is 0 Å². The zero-order chi connectivity index (χ0) is 29.1. The number of aryl methyl sites for hydroxylation is 1. The number of benzene rings is 3. The van der Waals surface area contributed by atoms with E-state index in [4.69, 9.17) is 4.74 Å². The minimum absolute atomic E-state index is 0.00507. The fourth-order valence-corrected chi connectivity index (χ4v) is 5.49. The molecule has 3 aromatic carbocycles. The average molecular weight is 638 g/mol. The predicted molar refractivity (Wildman–Crippen MR) is 158 cm³/mol. The molecule has 1 amide bonds. The molecule has 0 aliphatic heterocycles. The van der Waals surface area contributed by atoms with E-state index >= 15 is 0 Å². The molecule has 5 rings (SSSR count). The molecule has 0 saturated heterocycles. The summed E-state index contributed by atoms with van der Waals surface area (Å²) in [6, 6.07) is 20.8. The van der Waals surface area contributed by atoms with E-state index in [1.165, 1.54) is 35.6 Å². The summed E-state index contributed by atoms with van der Waals surface area (Å²) >= 11 is 4.97. The molecule has 6 nitrogen and oxygen atoms in total. The molecule has 0 atom stereocenters. The number of aromatic nitrogens is 1. The number of thiophene rings is 1. The highest BCUT2D eigenvalue weighted by atomic mass is 79.9. The standard InChI is InChI=1S/C31H23BrF2N2O4S/c1-18-4-8-28(26-13-21(32)6-9-29(26)40-17-19-5-7-22(33)14-27(19)34)36(18)24-12-20(31(38)39)11-23(15-24)35-30(37)16-25-3-2-10-41-25/h2-15H,16-17H2,1H3,(H,35,37)(H,38,39). The maximum atomic E-state index is 14.3. The van der Waals surface area contributed by atoms with Crippen molar-refractivity contribution in [3.05, 3.63) is 122 Å². The number of carbonyl (C=O) groups excluding carboxylic acids is 1. The number of nitrogens with one attached hydrogen (secondary N) is 1. The van der Waals surface area contributed by atoms with E-state index in [0.29, 0.717) is 28.4 Å². The van der Waals surface area contributed by atoms with Gasteiger partial charge in [0.2, 0.25) is 5.91 Å². The Kier molecular flexibility index (Phi) is 8.32. The Morgan fingerprint density at radius 1 is 1.02 bits per heavy atom. The summed E-state index contributed by atoms with van der Waals surface area (Å²) in [5.74, 6) is -2.34. The Morgan fingerprint density at radius 3 is 2.59 bits per heavy atom. The number of hydrogen-bond acceptors (Lipinski definition) is 4. The van der Waals surface area contributed by atoms with Gasteiger partial charge in [0, 0.05) is 43.6 Å². The second-order valence-corrected chi connectivity index (χ2v) is 11.2. The summed E-state index contributed by atoms with van der Waals surface area (Å²) in [5.41, 5.74) is 3.20. The fourth-order valence-electron chi connectivity index (χ4n) is 4.43. The lowest BCUT2D eigenvalue weighted by atomic mass is 10.1. The van der Waals surface area contributed by atoms with Crippen molar-refractivity contribution in [2.75, 3.05) is 5.32 Å². The van der Waals surface area contributed by atoms with E-state index in [2.05, 4.69) is 21.2 Å². The molecule has 0 fully saturated rings. The van der Waals surface area contributed by atoms with Crippen LogP contribution in [0, 0.1) is 18.6 Å². The molecule has 0 bridgehead atoms. The third-order valence-electron chi connectivity index (χ3n) is 6.31. The number of carboxylic acid groups (broad SMARTS) is 1. The van der Waals surface area contributed by atoms with Gasteiger partial charge in [-0.1, -0.05) is 22.0 Å². The number of halogens is 3. The maximum Gasteiger partial charge on any atom is 0.335 e. The fraction of sp³-hybridized carbons (Fsp3) is 0.0968. The molecule has 0 aliphatic carbocycles. The van der Waals surface area contributed by atoms with Crippen molar-refractivity contribution in [3.8, 4) is 22.7 Å². The van der Waals surface area contributed by atoms with Crippen molar-refractivity contribution in [2.24, 2.45) is 0 Å². The van der Waals surface area contributed by atoms with Crippen LogP contribution in [0.25, 0.3) is 16.9 Å². The van der Waals surface area contributed by atoms with Gasteiger partial charge >= 0.3 is 5.97 Å². The molecular weight excluding hydrogens is 614 g/mol. The van der Waals surface area contributed by atoms with Crippen molar-refractivity contribution in [2.45, 2.75) is 20.0 Å². The van der Waals surface area contributed by atoms with Crippen LogP contribution < -0.4 is 10.1 Å². The van der Waals surface area contributed by atoms with Crippen LogP contribution in [0.4, 0.5) is 14.5 Å². The maximum absolute atomic E-state index is 14.3. The third kappa shape index (κ3) is 6.55. The second kappa shape index (κ2) is 12.1. The van der Waals surface area contributed by atoms with Gasteiger partial charge in [-0.25, -0.2) is 13.6 Å². The highest BCUT2D eigenvalue weighted by Crippen LogP contribution is 2.37. The van der Waals surface area contributed by atoms with Gasteiger partial charge < -0.3 is 19.7 Å². The van der Waals surface area contributed by atoms with E-state index < -0.39 is 17.6 Å². The number of anilines is 1. The first-order valence-corrected chi connectivity index (χ1v) is 14.1. The molecule has 2 N–H and O–H groups in total. The molecule has 2 aromatic heterocycles. The Hall–Kier alpha value is -4.28. The molecule has 0 unspecified atom stereocenters.